The Balaban J connectivity index is 0.00000200. The summed E-state index contributed by atoms with van der Waals surface area (Å²) in [7, 11) is 6.15. The van der Waals surface area contributed by atoms with Crippen LogP contribution in [0.2, 0.25) is 0 Å². The zero-order valence-corrected chi connectivity index (χ0v) is 13.4. The van der Waals surface area contributed by atoms with Gasteiger partial charge in [-0.05, 0) is 26.9 Å². The van der Waals surface area contributed by atoms with Crippen LogP contribution in [-0.4, -0.2) is 58.5 Å². The summed E-state index contributed by atoms with van der Waals surface area (Å²) in [5.74, 6) is 1.24. The minimum atomic E-state index is 0. The Morgan fingerprint density at radius 2 is 2.25 bits per heavy atom. The van der Waals surface area contributed by atoms with E-state index in [9.17, 15) is 4.79 Å². The fourth-order valence-corrected chi connectivity index (χ4v) is 2.62. The van der Waals surface area contributed by atoms with Gasteiger partial charge in [0.15, 0.2) is 0 Å². The maximum atomic E-state index is 12.2. The average Bonchev–Trinajstić information content (AvgIpc) is 2.81. The molecule has 1 aromatic rings. The lowest BCUT2D eigenvalue weighted by Crippen LogP contribution is -2.47. The van der Waals surface area contributed by atoms with Gasteiger partial charge in [0.2, 0.25) is 5.91 Å². The molecule has 1 aliphatic rings. The van der Waals surface area contributed by atoms with Gasteiger partial charge < -0.3 is 14.4 Å². The third-order valence-electron chi connectivity index (χ3n) is 3.96. The quantitative estimate of drug-likeness (QED) is 0.842. The molecule has 5 nitrogen and oxygen atoms in total. The van der Waals surface area contributed by atoms with E-state index in [1.807, 2.05) is 22.7 Å². The normalized spacial score (nSPS) is 19.0. The molecule has 1 atom stereocenters. The second-order valence-electron chi connectivity index (χ2n) is 5.55. The van der Waals surface area contributed by atoms with Crippen LogP contribution >= 0.6 is 12.4 Å². The summed E-state index contributed by atoms with van der Waals surface area (Å²) in [4.78, 5) is 20.7. The van der Waals surface area contributed by atoms with Crippen molar-refractivity contribution in [3.63, 3.8) is 0 Å². The summed E-state index contributed by atoms with van der Waals surface area (Å²) in [5, 5.41) is 0. The fraction of sp³-hybridized carbons (Fsp3) is 0.714. The third kappa shape index (κ3) is 4.21. The molecule has 1 fully saturated rings. The number of hydrogen-bond donors (Lipinski definition) is 0. The molecule has 2 rings (SSSR count). The summed E-state index contributed by atoms with van der Waals surface area (Å²) < 4.78 is 1.98. The van der Waals surface area contributed by atoms with Gasteiger partial charge >= 0.3 is 0 Å². The maximum Gasteiger partial charge on any atom is 0.223 e. The number of halogens is 1. The maximum absolute atomic E-state index is 12.2. The number of imidazole rings is 1. The van der Waals surface area contributed by atoms with Crippen LogP contribution < -0.4 is 0 Å². The number of carbonyl (C=O) groups excluding carboxylic acids is 1. The van der Waals surface area contributed by atoms with Gasteiger partial charge in [0.05, 0.1) is 0 Å². The predicted octanol–water partition coefficient (Wildman–Crippen LogP) is 1.33. The highest BCUT2D eigenvalue weighted by Crippen LogP contribution is 2.15. The molecule has 114 valence electrons. The lowest BCUT2D eigenvalue weighted by atomic mass is 10.0. The van der Waals surface area contributed by atoms with Crippen LogP contribution in [0.4, 0.5) is 0 Å². The van der Waals surface area contributed by atoms with Crippen LogP contribution in [0, 0.1) is 0 Å². The molecular weight excluding hydrogens is 276 g/mol. The monoisotopic (exact) mass is 300 g/mol. The van der Waals surface area contributed by atoms with E-state index in [4.69, 9.17) is 0 Å². The van der Waals surface area contributed by atoms with Gasteiger partial charge in [-0.3, -0.25) is 4.79 Å². The van der Waals surface area contributed by atoms with E-state index in [-0.39, 0.29) is 18.3 Å². The topological polar surface area (TPSA) is 41.4 Å². The minimum Gasteiger partial charge on any atom is -0.341 e. The Morgan fingerprint density at radius 1 is 1.50 bits per heavy atom. The van der Waals surface area contributed by atoms with Crippen molar-refractivity contribution in [1.29, 1.82) is 0 Å². The first-order valence-electron chi connectivity index (χ1n) is 6.98. The standard InChI is InChI=1S/C14H24N4O.ClH/c1-16(2)12-5-4-9-18(11-12)14(19)7-6-13-15-8-10-17(13)3;/h8,10,12H,4-7,9,11H2,1-3H3;1H. The van der Waals surface area contributed by atoms with Crippen LogP contribution in [0.25, 0.3) is 0 Å². The number of nitrogens with zero attached hydrogens (tertiary/aromatic N) is 4. The minimum absolute atomic E-state index is 0. The molecule has 1 aromatic heterocycles. The third-order valence-corrected chi connectivity index (χ3v) is 3.96. The van der Waals surface area contributed by atoms with Gasteiger partial charge in [-0.25, -0.2) is 4.98 Å². The number of rotatable bonds is 4. The van der Waals surface area contributed by atoms with Gasteiger partial charge in [-0.1, -0.05) is 0 Å². The molecule has 20 heavy (non-hydrogen) atoms. The molecule has 2 heterocycles. The van der Waals surface area contributed by atoms with E-state index in [1.165, 1.54) is 6.42 Å². The van der Waals surface area contributed by atoms with Gasteiger partial charge in [-0.2, -0.15) is 0 Å². The molecule has 0 spiro atoms. The van der Waals surface area contributed by atoms with E-state index in [0.717, 1.165) is 31.8 Å². The van der Waals surface area contributed by atoms with E-state index in [0.29, 0.717) is 12.5 Å². The molecule has 1 unspecified atom stereocenters. The number of likely N-dealkylation sites (tertiary alicyclic amines) is 1. The second kappa shape index (κ2) is 7.64. The molecule has 1 aliphatic heterocycles. The summed E-state index contributed by atoms with van der Waals surface area (Å²) in [6.45, 7) is 1.77. The number of hydrogen-bond acceptors (Lipinski definition) is 3. The Morgan fingerprint density at radius 3 is 2.85 bits per heavy atom. The highest BCUT2D eigenvalue weighted by molar-refractivity contribution is 5.85. The van der Waals surface area contributed by atoms with Gasteiger partial charge in [-0.15, -0.1) is 12.4 Å². The van der Waals surface area contributed by atoms with Crippen molar-refractivity contribution in [3.05, 3.63) is 18.2 Å². The van der Waals surface area contributed by atoms with Crippen LogP contribution in [0.3, 0.4) is 0 Å². The zero-order valence-electron chi connectivity index (χ0n) is 12.6. The number of aromatic nitrogens is 2. The largest absolute Gasteiger partial charge is 0.341 e. The first-order valence-corrected chi connectivity index (χ1v) is 6.98. The number of piperidine rings is 1. The van der Waals surface area contributed by atoms with Gasteiger partial charge in [0, 0.05) is 51.4 Å². The number of carbonyl (C=O) groups is 1. The molecule has 1 amide bonds. The number of aryl methyl sites for hydroxylation is 2. The molecule has 0 aliphatic carbocycles. The van der Waals surface area contributed by atoms with Crippen molar-refractivity contribution in [2.24, 2.45) is 7.05 Å². The molecule has 0 N–H and O–H groups in total. The lowest BCUT2D eigenvalue weighted by molar-refractivity contribution is -0.133. The SMILES string of the molecule is CN(C)C1CCCN(C(=O)CCc2nccn2C)C1.Cl. The van der Waals surface area contributed by atoms with Crippen molar-refractivity contribution in [2.45, 2.75) is 31.7 Å². The fourth-order valence-electron chi connectivity index (χ4n) is 2.62. The molecular formula is C14H25ClN4O. The summed E-state index contributed by atoms with van der Waals surface area (Å²) in [6, 6.07) is 0.505. The van der Waals surface area contributed by atoms with Crippen LogP contribution in [0.5, 0.6) is 0 Å². The van der Waals surface area contributed by atoms with E-state index in [2.05, 4.69) is 24.0 Å². The van der Waals surface area contributed by atoms with Crippen LogP contribution in [0.1, 0.15) is 25.1 Å². The van der Waals surface area contributed by atoms with Gasteiger partial charge in [0.25, 0.3) is 0 Å². The highest BCUT2D eigenvalue weighted by Gasteiger charge is 2.24. The summed E-state index contributed by atoms with van der Waals surface area (Å²) in [5.41, 5.74) is 0. The van der Waals surface area contributed by atoms with E-state index >= 15 is 0 Å². The first-order chi connectivity index (χ1) is 9.08. The van der Waals surface area contributed by atoms with Crippen molar-refractivity contribution in [2.75, 3.05) is 27.2 Å². The smallest absolute Gasteiger partial charge is 0.223 e. The van der Waals surface area contributed by atoms with Crippen molar-refractivity contribution >= 4 is 18.3 Å². The van der Waals surface area contributed by atoms with Crippen molar-refractivity contribution in [3.8, 4) is 0 Å². The molecule has 0 bridgehead atoms. The highest BCUT2D eigenvalue weighted by atomic mass is 35.5. The summed E-state index contributed by atoms with van der Waals surface area (Å²) >= 11 is 0. The summed E-state index contributed by atoms with van der Waals surface area (Å²) in [6.07, 6.45) is 7.29. The molecule has 6 heteroatoms. The Labute approximate surface area is 127 Å². The molecule has 0 radical (unpaired) electrons. The number of amides is 1. The van der Waals surface area contributed by atoms with Gasteiger partial charge in [0.1, 0.15) is 5.82 Å². The molecule has 0 aromatic carbocycles. The van der Waals surface area contributed by atoms with Crippen LogP contribution in [-0.2, 0) is 18.3 Å². The molecule has 0 saturated carbocycles. The first kappa shape index (κ1) is 17.0. The second-order valence-corrected chi connectivity index (χ2v) is 5.55. The predicted molar refractivity (Wildman–Crippen MR) is 82.1 cm³/mol. The molecule has 1 saturated heterocycles. The Bertz CT molecular complexity index is 433. The number of likely N-dealkylation sites (N-methyl/N-ethyl adjacent to an activating group) is 1. The van der Waals surface area contributed by atoms with Crippen LogP contribution in [0.15, 0.2) is 12.4 Å². The Kier molecular flexibility index (Phi) is 6.49. The zero-order chi connectivity index (χ0) is 13.8. The van der Waals surface area contributed by atoms with Crippen molar-refractivity contribution < 1.29 is 4.79 Å². The van der Waals surface area contributed by atoms with E-state index < -0.39 is 0 Å². The average molecular weight is 301 g/mol. The van der Waals surface area contributed by atoms with Crippen molar-refractivity contribution in [1.82, 2.24) is 19.4 Å². The lowest BCUT2D eigenvalue weighted by Gasteiger charge is -2.36. The Hall–Kier alpha value is -1.07. The van der Waals surface area contributed by atoms with E-state index in [1.54, 1.807) is 6.20 Å².